The number of likely N-dealkylation sites (tertiary alicyclic amines) is 1. The molecule has 0 N–H and O–H groups in total. The first-order chi connectivity index (χ1) is 13.8. The Morgan fingerprint density at radius 3 is 2.71 bits per heavy atom. The zero-order valence-corrected chi connectivity index (χ0v) is 17.0. The average molecular weight is 378 g/mol. The predicted molar refractivity (Wildman–Crippen MR) is 111 cm³/mol. The van der Waals surface area contributed by atoms with Crippen LogP contribution in [0.3, 0.4) is 0 Å². The van der Waals surface area contributed by atoms with Crippen LogP contribution in [0.15, 0.2) is 24.4 Å². The normalized spacial score (nSPS) is 23.3. The molecule has 28 heavy (non-hydrogen) atoms. The van der Waals surface area contributed by atoms with Gasteiger partial charge in [0.15, 0.2) is 0 Å². The van der Waals surface area contributed by atoms with Crippen LogP contribution in [0.1, 0.15) is 73.8 Å². The maximum atomic E-state index is 5.20. The maximum Gasteiger partial charge on any atom is 0.148 e. The molecule has 0 amide bonds. The first-order valence-electron chi connectivity index (χ1n) is 11.1. The summed E-state index contributed by atoms with van der Waals surface area (Å²) in [6, 6.07) is 7.32. The molecule has 2 aromatic rings. The van der Waals surface area contributed by atoms with E-state index < -0.39 is 0 Å². The summed E-state index contributed by atoms with van der Waals surface area (Å²) in [5.41, 5.74) is 3.64. The molecule has 1 atom stereocenters. The van der Waals surface area contributed by atoms with Crippen LogP contribution in [0, 0.1) is 6.92 Å². The topological polar surface area (TPSA) is 45.2 Å². The standard InChI is InChI=1S/C23H31N5/c1-17-20-11-6-14-27(16-18-8-4-5-13-24-18)23(20)26-22(25-17)21-12-7-15-28(21)19-9-2-3-10-19/h4-5,8,13,19,21H,2-3,6-7,9-12,14-16H2,1H3/t21-/m0/s1. The Morgan fingerprint density at radius 2 is 1.89 bits per heavy atom. The third-order valence-corrected chi connectivity index (χ3v) is 6.83. The fraction of sp³-hybridized carbons (Fsp3) is 0.609. The van der Waals surface area contributed by atoms with Crippen molar-refractivity contribution < 1.29 is 0 Å². The molecule has 0 unspecified atom stereocenters. The number of fused-ring (bicyclic) bond motifs is 1. The van der Waals surface area contributed by atoms with Crippen molar-refractivity contribution in [3.63, 3.8) is 0 Å². The summed E-state index contributed by atoms with van der Waals surface area (Å²) in [7, 11) is 0. The molecule has 5 nitrogen and oxygen atoms in total. The number of aryl methyl sites for hydroxylation is 1. The van der Waals surface area contributed by atoms with Gasteiger partial charge in [0.25, 0.3) is 0 Å². The highest BCUT2D eigenvalue weighted by atomic mass is 15.3. The van der Waals surface area contributed by atoms with Crippen LogP contribution in [0.25, 0.3) is 0 Å². The van der Waals surface area contributed by atoms with Crippen LogP contribution >= 0.6 is 0 Å². The molecule has 0 aromatic carbocycles. The van der Waals surface area contributed by atoms with E-state index >= 15 is 0 Å². The van der Waals surface area contributed by atoms with Gasteiger partial charge in [-0.25, -0.2) is 9.97 Å². The van der Waals surface area contributed by atoms with E-state index in [1.807, 2.05) is 12.3 Å². The number of pyridine rings is 1. The monoisotopic (exact) mass is 377 g/mol. The molecule has 1 saturated carbocycles. The molecule has 1 aliphatic carbocycles. The molecule has 0 radical (unpaired) electrons. The second-order valence-electron chi connectivity index (χ2n) is 8.65. The molecule has 0 bridgehead atoms. The Hall–Kier alpha value is -2.01. The minimum atomic E-state index is 0.408. The van der Waals surface area contributed by atoms with Crippen LogP contribution in [0.2, 0.25) is 0 Å². The summed E-state index contributed by atoms with van der Waals surface area (Å²) in [4.78, 5) is 19.9. The summed E-state index contributed by atoms with van der Waals surface area (Å²) in [5.74, 6) is 2.23. The second-order valence-corrected chi connectivity index (χ2v) is 8.65. The van der Waals surface area contributed by atoms with Gasteiger partial charge < -0.3 is 4.90 Å². The van der Waals surface area contributed by atoms with Crippen molar-refractivity contribution in [1.82, 2.24) is 19.9 Å². The third-order valence-electron chi connectivity index (χ3n) is 6.83. The quantitative estimate of drug-likeness (QED) is 0.798. The maximum absolute atomic E-state index is 5.20. The molecule has 2 aromatic heterocycles. The molecule has 4 heterocycles. The van der Waals surface area contributed by atoms with Gasteiger partial charge >= 0.3 is 0 Å². The summed E-state index contributed by atoms with van der Waals surface area (Å²) >= 11 is 0. The molecular formula is C23H31N5. The van der Waals surface area contributed by atoms with Gasteiger partial charge in [-0.15, -0.1) is 0 Å². The smallest absolute Gasteiger partial charge is 0.148 e. The van der Waals surface area contributed by atoms with Gasteiger partial charge in [0, 0.05) is 30.0 Å². The van der Waals surface area contributed by atoms with Crippen LogP contribution in [-0.2, 0) is 13.0 Å². The summed E-state index contributed by atoms with van der Waals surface area (Å²) in [6.07, 6.45) is 12.1. The van der Waals surface area contributed by atoms with Gasteiger partial charge in [-0.3, -0.25) is 9.88 Å². The highest BCUT2D eigenvalue weighted by Crippen LogP contribution is 2.38. The van der Waals surface area contributed by atoms with E-state index in [1.165, 1.54) is 62.7 Å². The van der Waals surface area contributed by atoms with Crippen molar-refractivity contribution in [2.45, 2.75) is 76.9 Å². The van der Waals surface area contributed by atoms with Crippen LogP contribution in [0.5, 0.6) is 0 Å². The van der Waals surface area contributed by atoms with Crippen LogP contribution in [-0.4, -0.2) is 39.0 Å². The van der Waals surface area contributed by atoms with Gasteiger partial charge in [0.2, 0.25) is 0 Å². The van der Waals surface area contributed by atoms with E-state index in [2.05, 4.69) is 33.8 Å². The molecule has 2 fully saturated rings. The summed E-state index contributed by atoms with van der Waals surface area (Å²) in [5, 5.41) is 0. The van der Waals surface area contributed by atoms with Crippen molar-refractivity contribution in [3.8, 4) is 0 Å². The minimum absolute atomic E-state index is 0.408. The van der Waals surface area contributed by atoms with Crippen LogP contribution in [0.4, 0.5) is 5.82 Å². The van der Waals surface area contributed by atoms with Crippen molar-refractivity contribution in [1.29, 1.82) is 0 Å². The summed E-state index contributed by atoms with van der Waals surface area (Å²) < 4.78 is 0. The number of hydrogen-bond donors (Lipinski definition) is 0. The van der Waals surface area contributed by atoms with Crippen molar-refractivity contribution in [3.05, 3.63) is 47.2 Å². The number of anilines is 1. The lowest BCUT2D eigenvalue weighted by molar-refractivity contribution is 0.176. The minimum Gasteiger partial charge on any atom is -0.350 e. The number of nitrogens with zero attached hydrogens (tertiary/aromatic N) is 5. The molecule has 5 rings (SSSR count). The number of hydrogen-bond acceptors (Lipinski definition) is 5. The molecule has 5 heteroatoms. The van der Waals surface area contributed by atoms with E-state index in [4.69, 9.17) is 9.97 Å². The molecule has 1 saturated heterocycles. The molecule has 0 spiro atoms. The van der Waals surface area contributed by atoms with Gasteiger partial charge in [0.05, 0.1) is 18.3 Å². The number of aromatic nitrogens is 3. The fourth-order valence-electron chi connectivity index (χ4n) is 5.44. The Balaban J connectivity index is 1.46. The average Bonchev–Trinajstić information content (AvgIpc) is 3.41. The van der Waals surface area contributed by atoms with Gasteiger partial charge in [-0.2, -0.15) is 0 Å². The summed E-state index contributed by atoms with van der Waals surface area (Å²) in [6.45, 7) is 5.28. The molecule has 3 aliphatic rings. The predicted octanol–water partition coefficient (Wildman–Crippen LogP) is 4.21. The lowest BCUT2D eigenvalue weighted by Crippen LogP contribution is -2.35. The van der Waals surface area contributed by atoms with E-state index in [-0.39, 0.29) is 0 Å². The number of rotatable bonds is 4. The molecule has 2 aliphatic heterocycles. The SMILES string of the molecule is Cc1nc([C@@H]2CCCN2C2CCCC2)nc2c1CCCN2Cc1ccccn1. The lowest BCUT2D eigenvalue weighted by Gasteiger charge is -2.33. The Labute approximate surface area is 168 Å². The van der Waals surface area contributed by atoms with E-state index in [0.717, 1.165) is 42.9 Å². The zero-order valence-electron chi connectivity index (χ0n) is 17.0. The highest BCUT2D eigenvalue weighted by Gasteiger charge is 2.36. The van der Waals surface area contributed by atoms with Crippen molar-refractivity contribution >= 4 is 5.82 Å². The van der Waals surface area contributed by atoms with Gasteiger partial charge in [-0.1, -0.05) is 18.9 Å². The zero-order chi connectivity index (χ0) is 18.9. The Morgan fingerprint density at radius 1 is 1.00 bits per heavy atom. The van der Waals surface area contributed by atoms with E-state index in [0.29, 0.717) is 6.04 Å². The largest absolute Gasteiger partial charge is 0.350 e. The van der Waals surface area contributed by atoms with Gasteiger partial charge in [0.1, 0.15) is 11.6 Å². The van der Waals surface area contributed by atoms with Crippen LogP contribution < -0.4 is 4.90 Å². The second kappa shape index (κ2) is 7.78. The van der Waals surface area contributed by atoms with E-state index in [1.54, 1.807) is 0 Å². The molecular weight excluding hydrogens is 346 g/mol. The fourth-order valence-corrected chi connectivity index (χ4v) is 5.44. The van der Waals surface area contributed by atoms with Crippen molar-refractivity contribution in [2.24, 2.45) is 0 Å². The van der Waals surface area contributed by atoms with E-state index in [9.17, 15) is 0 Å². The Kier molecular flexibility index (Phi) is 5.02. The first-order valence-corrected chi connectivity index (χ1v) is 11.1. The first kappa shape index (κ1) is 18.0. The lowest BCUT2D eigenvalue weighted by atomic mass is 10.0. The molecule has 148 valence electrons. The highest BCUT2D eigenvalue weighted by molar-refractivity contribution is 5.51. The van der Waals surface area contributed by atoms with Crippen molar-refractivity contribution in [2.75, 3.05) is 18.0 Å². The van der Waals surface area contributed by atoms with Gasteiger partial charge in [-0.05, 0) is 64.1 Å². The third kappa shape index (κ3) is 3.41. The Bertz CT molecular complexity index is 815.